The van der Waals surface area contributed by atoms with E-state index in [1.165, 1.54) is 25.8 Å². The summed E-state index contributed by atoms with van der Waals surface area (Å²) in [6.07, 6.45) is 4.03. The number of likely N-dealkylation sites (N-methyl/N-ethyl adjacent to an activating group) is 1. The number of rotatable bonds is 4. The summed E-state index contributed by atoms with van der Waals surface area (Å²) >= 11 is 0. The highest BCUT2D eigenvalue weighted by Crippen LogP contribution is 2.29. The first-order valence-electron chi connectivity index (χ1n) is 6.95. The van der Waals surface area contributed by atoms with E-state index >= 15 is 0 Å². The van der Waals surface area contributed by atoms with Gasteiger partial charge in [-0.2, -0.15) is 0 Å². The van der Waals surface area contributed by atoms with E-state index in [9.17, 15) is 0 Å². The molecule has 100 valence electrons. The number of hydrogen-bond donors (Lipinski definition) is 1. The van der Waals surface area contributed by atoms with Crippen LogP contribution in [0.1, 0.15) is 26.2 Å². The van der Waals surface area contributed by atoms with Crippen LogP contribution in [0, 0.1) is 0 Å². The predicted molar refractivity (Wildman–Crippen MR) is 70.1 cm³/mol. The van der Waals surface area contributed by atoms with E-state index in [4.69, 9.17) is 10.5 Å². The van der Waals surface area contributed by atoms with Crippen LogP contribution in [0.15, 0.2) is 0 Å². The summed E-state index contributed by atoms with van der Waals surface area (Å²) in [5.74, 6) is 0. The van der Waals surface area contributed by atoms with Gasteiger partial charge in [-0.3, -0.25) is 4.90 Å². The molecule has 0 amide bonds. The van der Waals surface area contributed by atoms with Crippen molar-refractivity contribution in [3.8, 4) is 0 Å². The Labute approximate surface area is 105 Å². The first-order valence-corrected chi connectivity index (χ1v) is 6.95. The Hall–Kier alpha value is -0.160. The van der Waals surface area contributed by atoms with Crippen LogP contribution in [-0.4, -0.2) is 67.8 Å². The van der Waals surface area contributed by atoms with Gasteiger partial charge < -0.3 is 15.4 Å². The van der Waals surface area contributed by atoms with Gasteiger partial charge >= 0.3 is 0 Å². The molecule has 2 heterocycles. The van der Waals surface area contributed by atoms with Gasteiger partial charge in [-0.05, 0) is 39.8 Å². The van der Waals surface area contributed by atoms with Crippen LogP contribution >= 0.6 is 0 Å². The molecular weight excluding hydrogens is 214 g/mol. The molecule has 2 rings (SSSR count). The quantitative estimate of drug-likeness (QED) is 0.779. The van der Waals surface area contributed by atoms with Gasteiger partial charge in [-0.15, -0.1) is 0 Å². The molecule has 17 heavy (non-hydrogen) atoms. The number of likely N-dealkylation sites (tertiary alicyclic amines) is 2. The average molecular weight is 241 g/mol. The zero-order valence-corrected chi connectivity index (χ0v) is 11.3. The fraction of sp³-hybridized carbons (Fsp3) is 1.00. The van der Waals surface area contributed by atoms with E-state index in [1.54, 1.807) is 0 Å². The number of hydrogen-bond acceptors (Lipinski definition) is 4. The Kier molecular flexibility index (Phi) is 4.42. The van der Waals surface area contributed by atoms with Crippen LogP contribution in [0.25, 0.3) is 0 Å². The lowest BCUT2D eigenvalue weighted by Crippen LogP contribution is -2.58. The Morgan fingerprint density at radius 1 is 1.29 bits per heavy atom. The first kappa shape index (κ1) is 13.3. The lowest BCUT2D eigenvalue weighted by atomic mass is 9.92. The molecule has 0 bridgehead atoms. The lowest BCUT2D eigenvalue weighted by molar-refractivity contribution is -0.0154. The van der Waals surface area contributed by atoms with Gasteiger partial charge in [0.25, 0.3) is 0 Å². The van der Waals surface area contributed by atoms with Crippen molar-refractivity contribution < 1.29 is 4.74 Å². The number of nitrogens with zero attached hydrogens (tertiary/aromatic N) is 2. The average Bonchev–Trinajstić information content (AvgIpc) is 2.74. The smallest absolute Gasteiger partial charge is 0.0599 e. The normalized spacial score (nSPS) is 33.4. The highest BCUT2D eigenvalue weighted by molar-refractivity contribution is 5.00. The molecule has 1 atom stereocenters. The zero-order chi connectivity index (χ0) is 12.3. The standard InChI is InChI=1S/C13H27N3O/c1-3-17-12-4-7-16(8-5-12)13(10-14)6-9-15(2)11-13/h12H,3-11,14H2,1-2H3. The third-order valence-electron chi connectivity index (χ3n) is 4.42. The van der Waals surface area contributed by atoms with E-state index in [1.807, 2.05) is 0 Å². The second kappa shape index (κ2) is 5.65. The van der Waals surface area contributed by atoms with Crippen molar-refractivity contribution >= 4 is 0 Å². The van der Waals surface area contributed by atoms with Crippen LogP contribution in [0.4, 0.5) is 0 Å². The van der Waals surface area contributed by atoms with E-state index in [2.05, 4.69) is 23.8 Å². The van der Waals surface area contributed by atoms with Crippen LogP contribution in [-0.2, 0) is 4.74 Å². The molecule has 0 aromatic heterocycles. The molecule has 2 saturated heterocycles. The fourth-order valence-corrected chi connectivity index (χ4v) is 3.35. The lowest BCUT2D eigenvalue weighted by Gasteiger charge is -2.44. The van der Waals surface area contributed by atoms with Gasteiger partial charge in [-0.1, -0.05) is 0 Å². The molecule has 2 N–H and O–H groups in total. The van der Waals surface area contributed by atoms with Gasteiger partial charge in [-0.25, -0.2) is 0 Å². The van der Waals surface area contributed by atoms with Crippen molar-refractivity contribution in [2.45, 2.75) is 37.8 Å². The van der Waals surface area contributed by atoms with E-state index < -0.39 is 0 Å². The largest absolute Gasteiger partial charge is 0.378 e. The Morgan fingerprint density at radius 2 is 2.00 bits per heavy atom. The molecule has 2 aliphatic heterocycles. The van der Waals surface area contributed by atoms with Crippen molar-refractivity contribution in [3.63, 3.8) is 0 Å². The summed E-state index contributed by atoms with van der Waals surface area (Å²) in [5, 5.41) is 0. The highest BCUT2D eigenvalue weighted by Gasteiger charge is 2.41. The molecular formula is C13H27N3O. The second-order valence-corrected chi connectivity index (χ2v) is 5.56. The molecule has 0 aliphatic carbocycles. The molecule has 4 nitrogen and oxygen atoms in total. The molecule has 4 heteroatoms. The Balaban J connectivity index is 1.90. The minimum absolute atomic E-state index is 0.242. The summed E-state index contributed by atoms with van der Waals surface area (Å²) in [6, 6.07) is 0. The minimum atomic E-state index is 0.242. The summed E-state index contributed by atoms with van der Waals surface area (Å²) < 4.78 is 5.71. The highest BCUT2D eigenvalue weighted by atomic mass is 16.5. The van der Waals surface area contributed by atoms with Crippen LogP contribution in [0.5, 0.6) is 0 Å². The SMILES string of the molecule is CCOC1CCN(C2(CN)CCN(C)C2)CC1. The van der Waals surface area contributed by atoms with Crippen molar-refractivity contribution in [2.75, 3.05) is 46.4 Å². The molecule has 2 aliphatic rings. The van der Waals surface area contributed by atoms with Crippen molar-refractivity contribution in [1.82, 2.24) is 9.80 Å². The van der Waals surface area contributed by atoms with E-state index in [0.29, 0.717) is 6.10 Å². The predicted octanol–water partition coefficient (Wildman–Crippen LogP) is 0.520. The van der Waals surface area contributed by atoms with Crippen molar-refractivity contribution in [2.24, 2.45) is 5.73 Å². The fourth-order valence-electron chi connectivity index (χ4n) is 3.35. The Morgan fingerprint density at radius 3 is 2.47 bits per heavy atom. The summed E-state index contributed by atoms with van der Waals surface area (Å²) in [7, 11) is 2.20. The molecule has 0 saturated carbocycles. The first-order chi connectivity index (χ1) is 8.20. The molecule has 0 spiro atoms. The van der Waals surface area contributed by atoms with E-state index in [-0.39, 0.29) is 5.54 Å². The molecule has 1 unspecified atom stereocenters. The number of ether oxygens (including phenoxy) is 1. The van der Waals surface area contributed by atoms with Crippen LogP contribution < -0.4 is 5.73 Å². The summed E-state index contributed by atoms with van der Waals surface area (Å²) in [5.41, 5.74) is 6.30. The van der Waals surface area contributed by atoms with Gasteiger partial charge in [0.05, 0.1) is 6.10 Å². The zero-order valence-electron chi connectivity index (χ0n) is 11.3. The molecule has 0 radical (unpaired) electrons. The summed E-state index contributed by atoms with van der Waals surface area (Å²) in [4.78, 5) is 5.02. The summed E-state index contributed by atoms with van der Waals surface area (Å²) in [6.45, 7) is 8.32. The minimum Gasteiger partial charge on any atom is -0.378 e. The third-order valence-corrected chi connectivity index (χ3v) is 4.42. The van der Waals surface area contributed by atoms with Gasteiger partial charge in [0.15, 0.2) is 0 Å². The topological polar surface area (TPSA) is 41.7 Å². The van der Waals surface area contributed by atoms with E-state index in [0.717, 1.165) is 32.8 Å². The Bertz CT molecular complexity index is 241. The van der Waals surface area contributed by atoms with Gasteiger partial charge in [0, 0.05) is 38.3 Å². The van der Waals surface area contributed by atoms with Gasteiger partial charge in [0.2, 0.25) is 0 Å². The molecule has 0 aromatic carbocycles. The van der Waals surface area contributed by atoms with Gasteiger partial charge in [0.1, 0.15) is 0 Å². The van der Waals surface area contributed by atoms with Crippen molar-refractivity contribution in [3.05, 3.63) is 0 Å². The maximum atomic E-state index is 6.06. The maximum absolute atomic E-state index is 6.06. The monoisotopic (exact) mass is 241 g/mol. The molecule has 2 fully saturated rings. The molecule has 0 aromatic rings. The van der Waals surface area contributed by atoms with Crippen LogP contribution in [0.3, 0.4) is 0 Å². The van der Waals surface area contributed by atoms with Crippen molar-refractivity contribution in [1.29, 1.82) is 0 Å². The number of nitrogens with two attached hydrogens (primary N) is 1. The van der Waals surface area contributed by atoms with Crippen LogP contribution in [0.2, 0.25) is 0 Å². The number of piperidine rings is 1. The maximum Gasteiger partial charge on any atom is 0.0599 e. The second-order valence-electron chi connectivity index (χ2n) is 5.56. The third kappa shape index (κ3) is 2.81.